The van der Waals surface area contributed by atoms with Crippen molar-refractivity contribution in [2.24, 2.45) is 0 Å². The monoisotopic (exact) mass is 558 g/mol. The van der Waals surface area contributed by atoms with Gasteiger partial charge in [0.15, 0.2) is 0 Å². The summed E-state index contributed by atoms with van der Waals surface area (Å²) in [6.45, 7) is 0. The second-order valence-electron chi connectivity index (χ2n) is 7.62. The van der Waals surface area contributed by atoms with Gasteiger partial charge in [0.1, 0.15) is 0 Å². The van der Waals surface area contributed by atoms with Crippen molar-refractivity contribution in [1.82, 2.24) is 0 Å². The van der Waals surface area contributed by atoms with E-state index in [0.717, 1.165) is 8.95 Å². The number of allylic oxidation sites excluding steroid dienone is 2. The number of halogens is 2. The highest BCUT2D eigenvalue weighted by molar-refractivity contribution is 9.10. The lowest BCUT2D eigenvalue weighted by molar-refractivity contribution is 1.24. The van der Waals surface area contributed by atoms with Gasteiger partial charge < -0.3 is 0 Å². The van der Waals surface area contributed by atoms with Gasteiger partial charge in [-0.3, -0.25) is 0 Å². The summed E-state index contributed by atoms with van der Waals surface area (Å²) >= 11 is 9.12. The van der Waals surface area contributed by atoms with Gasteiger partial charge in [-0.2, -0.15) is 0 Å². The topological polar surface area (TPSA) is 0 Å². The molecule has 0 fully saturated rings. The minimum atomic E-state index is 0.185. The van der Waals surface area contributed by atoms with E-state index in [1.165, 1.54) is 38.3 Å². The molecular formula is C29H20Br2S. The predicted octanol–water partition coefficient (Wildman–Crippen LogP) is 9.65. The summed E-state index contributed by atoms with van der Waals surface area (Å²) in [7, 11) is 0. The normalized spacial score (nSPS) is 16.1. The second-order valence-corrected chi connectivity index (χ2v) is 10.6. The number of rotatable bonds is 4. The van der Waals surface area contributed by atoms with Crippen molar-refractivity contribution < 1.29 is 0 Å². The highest BCUT2D eigenvalue weighted by Gasteiger charge is 2.28. The largest absolute Gasteiger partial charge is 0.112 e. The van der Waals surface area contributed by atoms with Crippen LogP contribution in [-0.4, -0.2) is 0 Å². The number of thioether (sulfide) groups is 1. The third kappa shape index (κ3) is 4.56. The van der Waals surface area contributed by atoms with Gasteiger partial charge in [-0.25, -0.2) is 0 Å². The molecule has 4 aromatic carbocycles. The van der Waals surface area contributed by atoms with Gasteiger partial charge in [-0.15, -0.1) is 11.8 Å². The fourth-order valence-corrected chi connectivity index (χ4v) is 5.90. The minimum absolute atomic E-state index is 0.185. The van der Waals surface area contributed by atoms with E-state index >= 15 is 0 Å². The van der Waals surface area contributed by atoms with Crippen molar-refractivity contribution in [3.63, 3.8) is 0 Å². The van der Waals surface area contributed by atoms with Gasteiger partial charge in [0.2, 0.25) is 0 Å². The van der Waals surface area contributed by atoms with Gasteiger partial charge >= 0.3 is 0 Å². The molecule has 0 aromatic heterocycles. The number of hydrogen-bond acceptors (Lipinski definition) is 1. The molecule has 0 nitrogen and oxygen atoms in total. The molecule has 1 unspecified atom stereocenters. The average molecular weight is 560 g/mol. The summed E-state index contributed by atoms with van der Waals surface area (Å²) in [5.41, 5.74) is 7.65. The first kappa shape index (κ1) is 21.5. The highest BCUT2D eigenvalue weighted by Crippen LogP contribution is 2.54. The molecule has 0 spiro atoms. The Balaban J connectivity index is 1.78. The Morgan fingerprint density at radius 1 is 0.531 bits per heavy atom. The summed E-state index contributed by atoms with van der Waals surface area (Å²) < 4.78 is 2.18. The van der Waals surface area contributed by atoms with Crippen molar-refractivity contribution in [3.05, 3.63) is 146 Å². The molecular weight excluding hydrogens is 540 g/mol. The minimum Gasteiger partial charge on any atom is -0.112 e. The van der Waals surface area contributed by atoms with Gasteiger partial charge in [0.25, 0.3) is 0 Å². The Bertz CT molecular complexity index is 1270. The molecule has 3 heteroatoms. The van der Waals surface area contributed by atoms with Gasteiger partial charge in [-0.1, -0.05) is 117 Å². The van der Waals surface area contributed by atoms with E-state index in [1.54, 1.807) is 0 Å². The second kappa shape index (κ2) is 9.66. The van der Waals surface area contributed by atoms with Crippen molar-refractivity contribution in [1.29, 1.82) is 0 Å². The van der Waals surface area contributed by atoms with Crippen LogP contribution < -0.4 is 0 Å². The van der Waals surface area contributed by atoms with Crippen LogP contribution in [0, 0.1) is 0 Å². The summed E-state index contributed by atoms with van der Waals surface area (Å²) in [6, 6.07) is 38.9. The van der Waals surface area contributed by atoms with Gasteiger partial charge in [0, 0.05) is 13.9 Å². The Hall–Kier alpha value is -2.33. The van der Waals surface area contributed by atoms with Gasteiger partial charge in [-0.05, 0) is 63.7 Å². The van der Waals surface area contributed by atoms with Crippen LogP contribution >= 0.6 is 43.6 Å². The SMILES string of the molecule is Brc1ccc(C2=C(c3ccccc3)C(c3ccc(Br)cc3)SC(c3ccccc3)=C2)cc1. The zero-order chi connectivity index (χ0) is 21.9. The molecule has 1 heterocycles. The number of hydrogen-bond donors (Lipinski definition) is 0. The van der Waals surface area contributed by atoms with Crippen LogP contribution in [0.5, 0.6) is 0 Å². The zero-order valence-corrected chi connectivity index (χ0v) is 21.2. The third-order valence-electron chi connectivity index (χ3n) is 5.54. The quantitative estimate of drug-likeness (QED) is 0.240. The predicted molar refractivity (Wildman–Crippen MR) is 146 cm³/mol. The first-order valence-corrected chi connectivity index (χ1v) is 12.9. The lowest BCUT2D eigenvalue weighted by Gasteiger charge is -2.30. The van der Waals surface area contributed by atoms with Crippen LogP contribution in [-0.2, 0) is 0 Å². The van der Waals surface area contributed by atoms with Crippen molar-refractivity contribution in [2.75, 3.05) is 0 Å². The molecule has 0 amide bonds. The maximum Gasteiger partial charge on any atom is 0.0606 e. The van der Waals surface area contributed by atoms with E-state index < -0.39 is 0 Å². The molecule has 0 radical (unpaired) electrons. The molecule has 1 atom stereocenters. The Kier molecular flexibility index (Phi) is 6.49. The van der Waals surface area contributed by atoms with E-state index in [2.05, 4.69) is 147 Å². The summed E-state index contributed by atoms with van der Waals surface area (Å²) in [5, 5.41) is 0.185. The van der Waals surface area contributed by atoms with Crippen molar-refractivity contribution in [2.45, 2.75) is 5.25 Å². The standard InChI is InChI=1S/C29H20Br2S/c30-24-15-11-20(12-16-24)26-19-27(21-7-3-1-4-8-21)32-29(23-13-17-25(31)18-14-23)28(26)22-9-5-2-6-10-22/h1-19,29H. The maximum absolute atomic E-state index is 3.60. The lowest BCUT2D eigenvalue weighted by atomic mass is 9.88. The zero-order valence-electron chi connectivity index (χ0n) is 17.2. The molecule has 0 bridgehead atoms. The fourth-order valence-electron chi connectivity index (χ4n) is 3.99. The third-order valence-corrected chi connectivity index (χ3v) is 7.95. The van der Waals surface area contributed by atoms with Gasteiger partial charge in [0.05, 0.1) is 5.25 Å². The molecule has 1 aliphatic rings. The summed E-state index contributed by atoms with van der Waals surface area (Å²) in [5.74, 6) is 0. The number of benzene rings is 4. The molecule has 4 aromatic rings. The first-order valence-electron chi connectivity index (χ1n) is 10.4. The van der Waals surface area contributed by atoms with Crippen molar-refractivity contribution >= 4 is 59.7 Å². The molecule has 0 saturated carbocycles. The molecule has 32 heavy (non-hydrogen) atoms. The van der Waals surface area contributed by atoms with Crippen LogP contribution in [0.15, 0.2) is 124 Å². The van der Waals surface area contributed by atoms with E-state index in [-0.39, 0.29) is 5.25 Å². The van der Waals surface area contributed by atoms with E-state index in [0.29, 0.717) is 0 Å². The molecule has 1 aliphatic heterocycles. The Morgan fingerprint density at radius 2 is 1.06 bits per heavy atom. The maximum atomic E-state index is 3.60. The molecule has 0 N–H and O–H groups in total. The van der Waals surface area contributed by atoms with Crippen LogP contribution in [0.3, 0.4) is 0 Å². The van der Waals surface area contributed by atoms with Crippen LogP contribution in [0.4, 0.5) is 0 Å². The molecule has 0 saturated heterocycles. The highest BCUT2D eigenvalue weighted by atomic mass is 79.9. The smallest absolute Gasteiger partial charge is 0.0606 e. The molecule has 0 aliphatic carbocycles. The van der Waals surface area contributed by atoms with E-state index in [9.17, 15) is 0 Å². The summed E-state index contributed by atoms with van der Waals surface area (Å²) in [4.78, 5) is 1.29. The Labute approximate surface area is 210 Å². The first-order chi connectivity index (χ1) is 15.7. The van der Waals surface area contributed by atoms with Crippen LogP contribution in [0.1, 0.15) is 27.5 Å². The Morgan fingerprint density at radius 3 is 1.66 bits per heavy atom. The van der Waals surface area contributed by atoms with E-state index in [1.807, 2.05) is 11.8 Å². The average Bonchev–Trinajstić information content (AvgIpc) is 2.85. The van der Waals surface area contributed by atoms with E-state index in [4.69, 9.17) is 0 Å². The van der Waals surface area contributed by atoms with Crippen LogP contribution in [0.2, 0.25) is 0 Å². The van der Waals surface area contributed by atoms with Crippen LogP contribution in [0.25, 0.3) is 16.1 Å². The summed E-state index contributed by atoms with van der Waals surface area (Å²) in [6.07, 6.45) is 2.36. The fraction of sp³-hybridized carbons (Fsp3) is 0.0345. The van der Waals surface area contributed by atoms with Crippen molar-refractivity contribution in [3.8, 4) is 0 Å². The molecule has 156 valence electrons. The lowest BCUT2D eigenvalue weighted by Crippen LogP contribution is -2.06. The molecule has 5 rings (SSSR count).